The summed E-state index contributed by atoms with van der Waals surface area (Å²) in [5.74, 6) is 0.171. The van der Waals surface area contributed by atoms with E-state index in [1.54, 1.807) is 42.7 Å². The molecule has 1 heterocycles. The molecule has 0 unspecified atom stereocenters. The van der Waals surface area contributed by atoms with Gasteiger partial charge in [0.2, 0.25) is 5.96 Å². The van der Waals surface area contributed by atoms with Crippen molar-refractivity contribution in [3.63, 3.8) is 0 Å². The van der Waals surface area contributed by atoms with E-state index in [0.29, 0.717) is 18.7 Å². The number of aromatic nitrogens is 1. The predicted octanol–water partition coefficient (Wildman–Crippen LogP) is 1.54. The molecular formula is C19H20N6O2. The number of hydrazone groups is 1. The lowest BCUT2D eigenvalue weighted by molar-refractivity contribution is 0.0955. The molecule has 0 aliphatic rings. The fourth-order valence-corrected chi connectivity index (χ4v) is 2.48. The van der Waals surface area contributed by atoms with Crippen LogP contribution in [0.15, 0.2) is 64.8 Å². The fourth-order valence-electron chi connectivity index (χ4n) is 2.48. The smallest absolute Gasteiger partial charge is 0.251 e. The summed E-state index contributed by atoms with van der Waals surface area (Å²) in [6, 6.07) is 14.0. The van der Waals surface area contributed by atoms with Crippen LogP contribution >= 0.6 is 0 Å². The molecule has 3 aromatic rings. The Hall–Kier alpha value is -3.81. The zero-order valence-electron chi connectivity index (χ0n) is 14.5. The third-order valence-electron chi connectivity index (χ3n) is 3.80. The van der Waals surface area contributed by atoms with E-state index in [1.807, 2.05) is 18.2 Å². The molecule has 0 aliphatic carbocycles. The van der Waals surface area contributed by atoms with Crippen LogP contribution in [-0.4, -0.2) is 41.3 Å². The molecule has 0 saturated carbocycles. The molecule has 0 atom stereocenters. The number of aliphatic imine (C=N–C) groups is 1. The van der Waals surface area contributed by atoms with Gasteiger partial charge in [0, 0.05) is 34.8 Å². The van der Waals surface area contributed by atoms with Gasteiger partial charge in [-0.3, -0.25) is 9.79 Å². The largest absolute Gasteiger partial charge is 0.508 e. The second-order valence-electron chi connectivity index (χ2n) is 5.73. The molecular weight excluding hydrogens is 344 g/mol. The van der Waals surface area contributed by atoms with Gasteiger partial charge in [0.1, 0.15) is 5.75 Å². The Bertz CT molecular complexity index is 978. The van der Waals surface area contributed by atoms with Gasteiger partial charge >= 0.3 is 0 Å². The minimum atomic E-state index is -0.155. The van der Waals surface area contributed by atoms with E-state index in [1.165, 1.54) is 0 Å². The number of benzene rings is 2. The van der Waals surface area contributed by atoms with Crippen molar-refractivity contribution in [2.45, 2.75) is 0 Å². The minimum absolute atomic E-state index is 0.142. The summed E-state index contributed by atoms with van der Waals surface area (Å²) in [5, 5.41) is 17.2. The zero-order valence-corrected chi connectivity index (χ0v) is 14.5. The third-order valence-corrected chi connectivity index (χ3v) is 3.80. The van der Waals surface area contributed by atoms with E-state index in [0.717, 1.165) is 16.5 Å². The van der Waals surface area contributed by atoms with Gasteiger partial charge in [-0.2, -0.15) is 5.10 Å². The van der Waals surface area contributed by atoms with Gasteiger partial charge in [0.15, 0.2) is 0 Å². The minimum Gasteiger partial charge on any atom is -0.508 e. The van der Waals surface area contributed by atoms with Crippen molar-refractivity contribution in [3.8, 4) is 5.75 Å². The third kappa shape index (κ3) is 4.85. The fraction of sp³-hybridized carbons (Fsp3) is 0.105. The number of phenols is 1. The predicted molar refractivity (Wildman–Crippen MR) is 106 cm³/mol. The van der Waals surface area contributed by atoms with E-state index in [2.05, 4.69) is 25.8 Å². The number of carbonyl (C=O) groups excluding carboxylic acids is 1. The van der Waals surface area contributed by atoms with Crippen LogP contribution in [0.1, 0.15) is 15.9 Å². The van der Waals surface area contributed by atoms with E-state index in [4.69, 9.17) is 5.73 Å². The van der Waals surface area contributed by atoms with E-state index >= 15 is 0 Å². The first kappa shape index (κ1) is 18.0. The van der Waals surface area contributed by atoms with Crippen molar-refractivity contribution >= 4 is 29.0 Å². The molecule has 0 fully saturated rings. The van der Waals surface area contributed by atoms with Crippen molar-refractivity contribution in [1.29, 1.82) is 0 Å². The Morgan fingerprint density at radius 1 is 1.22 bits per heavy atom. The Morgan fingerprint density at radius 2 is 2.04 bits per heavy atom. The lowest BCUT2D eigenvalue weighted by Crippen LogP contribution is -2.30. The summed E-state index contributed by atoms with van der Waals surface area (Å²) in [5.41, 5.74) is 10.7. The summed E-state index contributed by atoms with van der Waals surface area (Å²) < 4.78 is 0. The van der Waals surface area contributed by atoms with Gasteiger partial charge < -0.3 is 21.1 Å². The molecule has 3 rings (SSSR count). The number of nitrogens with zero attached hydrogens (tertiary/aromatic N) is 2. The normalized spacial score (nSPS) is 11.8. The molecule has 6 N–H and O–H groups in total. The first-order chi connectivity index (χ1) is 13.1. The number of amides is 1. The molecule has 138 valence electrons. The molecule has 1 amide bonds. The van der Waals surface area contributed by atoms with Crippen molar-refractivity contribution < 1.29 is 9.90 Å². The van der Waals surface area contributed by atoms with E-state index < -0.39 is 0 Å². The number of rotatable bonds is 6. The number of carbonyl (C=O) groups is 1. The lowest BCUT2D eigenvalue weighted by atomic mass is 10.2. The van der Waals surface area contributed by atoms with Crippen LogP contribution in [0.25, 0.3) is 10.9 Å². The molecule has 2 aromatic carbocycles. The zero-order chi connectivity index (χ0) is 19.1. The monoisotopic (exact) mass is 364 g/mol. The maximum Gasteiger partial charge on any atom is 0.251 e. The molecule has 0 spiro atoms. The van der Waals surface area contributed by atoms with Crippen LogP contribution in [0.2, 0.25) is 0 Å². The van der Waals surface area contributed by atoms with Gasteiger partial charge in [-0.1, -0.05) is 18.2 Å². The highest BCUT2D eigenvalue weighted by atomic mass is 16.3. The van der Waals surface area contributed by atoms with Crippen molar-refractivity contribution in [2.75, 3.05) is 13.1 Å². The Morgan fingerprint density at radius 3 is 2.85 bits per heavy atom. The standard InChI is InChI=1S/C19H20N6O2/c20-19(22-9-8-21-18(27)13-4-2-1-3-5-13)25-24-12-14-11-23-17-7-6-15(26)10-16(14)17/h1-7,10-12,23,26H,8-9H2,(H,21,27)(H3,20,22,25)/b24-12+. The number of nitrogens with one attached hydrogen (secondary N) is 3. The van der Waals surface area contributed by atoms with Crippen molar-refractivity contribution in [1.82, 2.24) is 15.7 Å². The van der Waals surface area contributed by atoms with Gasteiger partial charge in [0.25, 0.3) is 5.91 Å². The Labute approximate surface area is 155 Å². The molecule has 0 aliphatic heterocycles. The first-order valence-electron chi connectivity index (χ1n) is 8.36. The second kappa shape index (κ2) is 8.52. The maximum atomic E-state index is 11.9. The average molecular weight is 364 g/mol. The molecule has 1 aromatic heterocycles. The number of guanidine groups is 1. The number of fused-ring (bicyclic) bond motifs is 1. The quantitative estimate of drug-likeness (QED) is 0.197. The molecule has 27 heavy (non-hydrogen) atoms. The summed E-state index contributed by atoms with van der Waals surface area (Å²) in [6.45, 7) is 0.690. The topological polar surface area (TPSA) is 128 Å². The van der Waals surface area contributed by atoms with Crippen molar-refractivity contribution in [2.24, 2.45) is 15.8 Å². The number of H-pyrrole nitrogens is 1. The molecule has 0 radical (unpaired) electrons. The summed E-state index contributed by atoms with van der Waals surface area (Å²) in [6.07, 6.45) is 3.36. The maximum absolute atomic E-state index is 11.9. The van der Waals surface area contributed by atoms with E-state index in [9.17, 15) is 9.90 Å². The van der Waals surface area contributed by atoms with Gasteiger partial charge in [0.05, 0.1) is 12.8 Å². The SMILES string of the molecule is NC(=NCCNC(=O)c1ccccc1)N/N=C/c1c[nH]c2ccc(O)cc12. The number of aromatic amines is 1. The highest BCUT2D eigenvalue weighted by molar-refractivity contribution is 5.99. The van der Waals surface area contributed by atoms with Gasteiger partial charge in [-0.05, 0) is 30.3 Å². The number of phenolic OH excluding ortho intramolecular Hbond substituents is 1. The van der Waals surface area contributed by atoms with Crippen molar-refractivity contribution in [3.05, 3.63) is 65.9 Å². The number of hydrogen-bond donors (Lipinski definition) is 5. The molecule has 8 nitrogen and oxygen atoms in total. The Kier molecular flexibility index (Phi) is 5.68. The average Bonchev–Trinajstić information content (AvgIpc) is 3.08. The number of aromatic hydroxyl groups is 1. The van der Waals surface area contributed by atoms with Crippen LogP contribution in [0.4, 0.5) is 0 Å². The molecule has 0 saturated heterocycles. The van der Waals surface area contributed by atoms with Crippen LogP contribution in [0.3, 0.4) is 0 Å². The highest BCUT2D eigenvalue weighted by Gasteiger charge is 2.03. The van der Waals surface area contributed by atoms with Crippen LogP contribution in [-0.2, 0) is 0 Å². The van der Waals surface area contributed by atoms with Crippen LogP contribution in [0.5, 0.6) is 5.75 Å². The Balaban J connectivity index is 1.47. The van der Waals surface area contributed by atoms with Crippen LogP contribution in [0, 0.1) is 0 Å². The number of nitrogens with two attached hydrogens (primary N) is 1. The second-order valence-corrected chi connectivity index (χ2v) is 5.73. The first-order valence-corrected chi connectivity index (χ1v) is 8.36. The summed E-state index contributed by atoms with van der Waals surface area (Å²) in [7, 11) is 0. The van der Waals surface area contributed by atoms with Crippen LogP contribution < -0.4 is 16.5 Å². The lowest BCUT2D eigenvalue weighted by Gasteiger charge is -2.03. The summed E-state index contributed by atoms with van der Waals surface area (Å²) >= 11 is 0. The summed E-state index contributed by atoms with van der Waals surface area (Å²) in [4.78, 5) is 19.1. The molecule has 0 bridgehead atoms. The van der Waals surface area contributed by atoms with Gasteiger partial charge in [-0.15, -0.1) is 0 Å². The highest BCUT2D eigenvalue weighted by Crippen LogP contribution is 2.21. The van der Waals surface area contributed by atoms with E-state index in [-0.39, 0.29) is 17.6 Å². The van der Waals surface area contributed by atoms with Gasteiger partial charge in [-0.25, -0.2) is 5.43 Å². The number of hydrogen-bond acceptors (Lipinski definition) is 4. The molecule has 8 heteroatoms.